The topological polar surface area (TPSA) is 21.7 Å². The van der Waals surface area contributed by atoms with Crippen LogP contribution in [0, 0.1) is 0 Å². The first kappa shape index (κ1) is 34.1. The normalized spacial score (nSPS) is 12.2. The van der Waals surface area contributed by atoms with Crippen LogP contribution in [0.25, 0.3) is 0 Å². The highest BCUT2D eigenvalue weighted by Crippen LogP contribution is 2.26. The van der Waals surface area contributed by atoms with Gasteiger partial charge in [0.15, 0.2) is 16.6 Å². The Morgan fingerprint density at radius 2 is 1.04 bits per heavy atom. The summed E-state index contributed by atoms with van der Waals surface area (Å²) in [4.78, 5) is 2.50. The Hall–Kier alpha value is 0.531. The van der Waals surface area contributed by atoms with Crippen molar-refractivity contribution in [2.45, 2.75) is 114 Å². The van der Waals surface area contributed by atoms with Crippen molar-refractivity contribution in [1.29, 1.82) is 0 Å². The monoisotopic (exact) mass is 425 g/mol. The molecule has 0 saturated carbocycles. The molecule has 0 aliphatic carbocycles. The number of rotatable bonds is 13. The lowest BCUT2D eigenvalue weighted by Crippen LogP contribution is -2.52. The molecule has 0 rings (SSSR count). The zero-order valence-electron chi connectivity index (χ0n) is 17.4. The van der Waals surface area contributed by atoms with E-state index in [9.17, 15) is 0 Å². The standard InChI is InChI=1S/C17H43NO2Si3.3CH4/c1-10-13-16-21(4,5)19-23(8,9)20-22(6,7)17-14-15-18(11-2)12-3;;;/h10-17H2,1-9H3;3*1H4. The van der Waals surface area contributed by atoms with Gasteiger partial charge in [0, 0.05) is 0 Å². The second-order valence-corrected chi connectivity index (χ2v) is 20.8. The summed E-state index contributed by atoms with van der Waals surface area (Å²) in [6.07, 6.45) is 3.80. The molecule has 26 heavy (non-hydrogen) atoms. The van der Waals surface area contributed by atoms with Crippen LogP contribution in [0.15, 0.2) is 0 Å². The Balaban J connectivity index is -0.000000807. The minimum Gasteiger partial charge on any atom is -0.437 e. The van der Waals surface area contributed by atoms with Crippen LogP contribution in [0.4, 0.5) is 0 Å². The number of nitrogens with zero attached hydrogens (tertiary/aromatic N) is 1. The van der Waals surface area contributed by atoms with E-state index in [0.29, 0.717) is 0 Å². The molecule has 0 saturated heterocycles. The van der Waals surface area contributed by atoms with E-state index in [-0.39, 0.29) is 22.3 Å². The van der Waals surface area contributed by atoms with E-state index in [0.717, 1.165) is 13.1 Å². The fraction of sp³-hybridized carbons (Fsp3) is 1.00. The van der Waals surface area contributed by atoms with Crippen molar-refractivity contribution < 1.29 is 8.23 Å². The maximum absolute atomic E-state index is 6.66. The predicted molar refractivity (Wildman–Crippen MR) is 132 cm³/mol. The van der Waals surface area contributed by atoms with E-state index in [4.69, 9.17) is 8.23 Å². The molecule has 0 heterocycles. The highest BCUT2D eigenvalue weighted by Gasteiger charge is 2.39. The number of hydrogen-bond donors (Lipinski definition) is 0. The van der Waals surface area contributed by atoms with Gasteiger partial charge in [0.2, 0.25) is 0 Å². The van der Waals surface area contributed by atoms with Crippen molar-refractivity contribution >= 4 is 25.2 Å². The Morgan fingerprint density at radius 3 is 1.38 bits per heavy atom. The molecule has 0 radical (unpaired) electrons. The van der Waals surface area contributed by atoms with E-state index >= 15 is 0 Å². The molecule has 0 spiro atoms. The van der Waals surface area contributed by atoms with Gasteiger partial charge in [-0.3, -0.25) is 0 Å². The lowest BCUT2D eigenvalue weighted by Gasteiger charge is -2.39. The van der Waals surface area contributed by atoms with Crippen LogP contribution in [-0.2, 0) is 8.23 Å². The zero-order chi connectivity index (χ0) is 18.1. The molecular formula is C20H55NO2Si3. The molecule has 3 nitrogen and oxygen atoms in total. The molecule has 0 unspecified atom stereocenters. The number of hydrogen-bond acceptors (Lipinski definition) is 3. The average Bonchev–Trinajstić information content (AvgIpc) is 2.38. The second kappa shape index (κ2) is 15.5. The van der Waals surface area contributed by atoms with Crippen molar-refractivity contribution in [3.05, 3.63) is 0 Å². The van der Waals surface area contributed by atoms with Crippen molar-refractivity contribution in [3.8, 4) is 0 Å². The van der Waals surface area contributed by atoms with Gasteiger partial charge in [-0.1, -0.05) is 55.9 Å². The summed E-state index contributed by atoms with van der Waals surface area (Å²) < 4.78 is 13.3. The molecule has 0 atom stereocenters. The van der Waals surface area contributed by atoms with E-state index in [1.807, 2.05) is 0 Å². The lowest BCUT2D eigenvalue weighted by atomic mass is 10.4. The Morgan fingerprint density at radius 1 is 0.654 bits per heavy atom. The van der Waals surface area contributed by atoms with E-state index in [1.165, 1.54) is 37.9 Å². The fourth-order valence-electron chi connectivity index (χ4n) is 3.32. The molecule has 0 N–H and O–H groups in total. The molecule has 0 fully saturated rings. The van der Waals surface area contributed by atoms with Gasteiger partial charge < -0.3 is 13.1 Å². The third-order valence-corrected chi connectivity index (χ3v) is 15.8. The molecular weight excluding hydrogens is 370 g/mol. The minimum atomic E-state index is -2.01. The van der Waals surface area contributed by atoms with Gasteiger partial charge in [0.25, 0.3) is 0 Å². The average molecular weight is 426 g/mol. The molecule has 0 aromatic carbocycles. The molecule has 6 heteroatoms. The Bertz CT molecular complexity index is 320. The van der Waals surface area contributed by atoms with E-state index in [1.54, 1.807) is 0 Å². The third-order valence-electron chi connectivity index (χ3n) is 4.32. The summed E-state index contributed by atoms with van der Waals surface area (Å²) >= 11 is 0. The van der Waals surface area contributed by atoms with Crippen LogP contribution in [-0.4, -0.2) is 49.7 Å². The van der Waals surface area contributed by atoms with E-state index in [2.05, 4.69) is 65.0 Å². The quantitative estimate of drug-likeness (QED) is 0.284. The lowest BCUT2D eigenvalue weighted by molar-refractivity contribution is 0.302. The maximum Gasteiger partial charge on any atom is 0.311 e. The first-order valence-electron chi connectivity index (χ1n) is 9.59. The fourth-order valence-corrected chi connectivity index (χ4v) is 17.5. The molecule has 0 amide bonds. The van der Waals surface area contributed by atoms with Gasteiger partial charge in [-0.05, 0) is 77.4 Å². The zero-order valence-corrected chi connectivity index (χ0v) is 20.4. The largest absolute Gasteiger partial charge is 0.437 e. The SMILES string of the molecule is C.C.C.CCCC[Si](C)(C)O[Si](C)(C)O[Si](C)(C)CCCN(CC)CC. The van der Waals surface area contributed by atoms with Gasteiger partial charge in [-0.2, -0.15) is 0 Å². The van der Waals surface area contributed by atoms with Gasteiger partial charge >= 0.3 is 8.56 Å². The third kappa shape index (κ3) is 16.7. The van der Waals surface area contributed by atoms with Gasteiger partial charge in [-0.25, -0.2) is 0 Å². The Kier molecular flexibility index (Phi) is 20.2. The molecule has 0 aromatic heterocycles. The molecule has 0 aliphatic heterocycles. The Labute approximate surface area is 171 Å². The highest BCUT2D eigenvalue weighted by molar-refractivity contribution is 6.87. The first-order valence-corrected chi connectivity index (χ1v) is 18.6. The van der Waals surface area contributed by atoms with Crippen LogP contribution in [0.2, 0.25) is 51.4 Å². The summed E-state index contributed by atoms with van der Waals surface area (Å²) in [6.45, 7) is 24.2. The van der Waals surface area contributed by atoms with Gasteiger partial charge in [0.1, 0.15) is 0 Å². The van der Waals surface area contributed by atoms with Crippen molar-refractivity contribution in [2.24, 2.45) is 0 Å². The summed E-state index contributed by atoms with van der Waals surface area (Å²) in [6, 6.07) is 2.49. The minimum absolute atomic E-state index is 0. The van der Waals surface area contributed by atoms with Crippen molar-refractivity contribution in [2.75, 3.05) is 19.6 Å². The second-order valence-electron chi connectivity index (χ2n) is 8.36. The van der Waals surface area contributed by atoms with Gasteiger partial charge in [0.05, 0.1) is 0 Å². The molecule has 0 aromatic rings. The van der Waals surface area contributed by atoms with Gasteiger partial charge in [-0.15, -0.1) is 0 Å². The summed E-state index contributed by atoms with van der Waals surface area (Å²) in [5.74, 6) is 0. The predicted octanol–water partition coefficient (Wildman–Crippen LogP) is 7.57. The van der Waals surface area contributed by atoms with Crippen molar-refractivity contribution in [1.82, 2.24) is 4.90 Å². The summed E-state index contributed by atoms with van der Waals surface area (Å²) in [5, 5.41) is 0. The van der Waals surface area contributed by atoms with Crippen LogP contribution in [0.1, 0.15) is 62.3 Å². The van der Waals surface area contributed by atoms with Crippen LogP contribution in [0.3, 0.4) is 0 Å². The smallest absolute Gasteiger partial charge is 0.311 e. The first-order chi connectivity index (χ1) is 10.5. The number of unbranched alkanes of at least 4 members (excludes halogenated alkanes) is 1. The van der Waals surface area contributed by atoms with Crippen molar-refractivity contribution in [3.63, 3.8) is 0 Å². The molecule has 164 valence electrons. The van der Waals surface area contributed by atoms with Crippen LogP contribution in [0.5, 0.6) is 0 Å². The molecule has 0 aliphatic rings. The summed E-state index contributed by atoms with van der Waals surface area (Å²) in [7, 11) is -5.21. The van der Waals surface area contributed by atoms with Crippen LogP contribution < -0.4 is 0 Å². The maximum atomic E-state index is 6.66. The summed E-state index contributed by atoms with van der Waals surface area (Å²) in [5.41, 5.74) is 0. The van der Waals surface area contributed by atoms with Crippen LogP contribution >= 0.6 is 0 Å². The molecule has 0 bridgehead atoms. The highest BCUT2D eigenvalue weighted by atomic mass is 28.5. The van der Waals surface area contributed by atoms with E-state index < -0.39 is 25.2 Å².